The Balaban J connectivity index is 2.49. The molecular weight excluding hydrogens is 256 g/mol. The molecule has 0 radical (unpaired) electrons. The summed E-state index contributed by atoms with van der Waals surface area (Å²) in [4.78, 5) is 8.59. The molecule has 0 amide bonds. The van der Waals surface area contributed by atoms with Gasteiger partial charge in [0.05, 0.1) is 26.5 Å². The number of nitrogens with zero attached hydrogens (tertiary/aromatic N) is 2. The molecule has 1 aromatic heterocycles. The van der Waals surface area contributed by atoms with Gasteiger partial charge in [0.1, 0.15) is 5.69 Å². The zero-order valence-corrected chi connectivity index (χ0v) is 11.8. The number of nitrogens with two attached hydrogens (primary N) is 1. The van der Waals surface area contributed by atoms with Crippen LogP contribution in [0.1, 0.15) is 22.9 Å². The molecule has 0 saturated carbocycles. The zero-order chi connectivity index (χ0) is 14.5. The number of methoxy groups -OCH3 is 2. The maximum Gasteiger partial charge on any atom is 0.240 e. The molecule has 6 nitrogen and oxygen atoms in total. The fraction of sp³-hybridized carbons (Fsp3) is 0.286. The van der Waals surface area contributed by atoms with Gasteiger partial charge >= 0.3 is 0 Å². The topological polar surface area (TPSA) is 82.3 Å². The van der Waals surface area contributed by atoms with Crippen molar-refractivity contribution in [3.8, 4) is 11.8 Å². The van der Waals surface area contributed by atoms with Gasteiger partial charge in [0.25, 0.3) is 0 Å². The average Bonchev–Trinajstić information content (AvgIpc) is 2.50. The maximum atomic E-state index is 5.70. The summed E-state index contributed by atoms with van der Waals surface area (Å²) in [6.07, 6.45) is 1.54. The van der Waals surface area contributed by atoms with Crippen molar-refractivity contribution in [3.05, 3.63) is 47.3 Å². The van der Waals surface area contributed by atoms with E-state index in [1.165, 1.54) is 7.11 Å². The molecular formula is C14H18N4O2. The molecule has 6 heteroatoms. The molecule has 0 aliphatic carbocycles. The number of hydrogen-bond donors (Lipinski definition) is 2. The number of nitrogens with one attached hydrogen (secondary N) is 1. The first-order chi connectivity index (χ1) is 9.71. The normalized spacial score (nSPS) is 12.0. The van der Waals surface area contributed by atoms with Gasteiger partial charge in [0.15, 0.2) is 0 Å². The van der Waals surface area contributed by atoms with Gasteiger partial charge in [0, 0.05) is 0 Å². The van der Waals surface area contributed by atoms with Crippen molar-refractivity contribution in [3.63, 3.8) is 0 Å². The number of rotatable bonds is 5. The van der Waals surface area contributed by atoms with Crippen molar-refractivity contribution in [1.82, 2.24) is 15.4 Å². The van der Waals surface area contributed by atoms with Crippen molar-refractivity contribution < 1.29 is 9.47 Å². The lowest BCUT2D eigenvalue weighted by molar-refractivity contribution is 0.352. The molecule has 0 aliphatic heterocycles. The number of aryl methyl sites for hydroxylation is 1. The lowest BCUT2D eigenvalue weighted by Gasteiger charge is -2.19. The van der Waals surface area contributed by atoms with Gasteiger partial charge in [-0.2, -0.15) is 4.98 Å². The van der Waals surface area contributed by atoms with Crippen molar-refractivity contribution in [2.24, 2.45) is 5.84 Å². The molecule has 1 unspecified atom stereocenters. The van der Waals surface area contributed by atoms with Crippen LogP contribution in [0.15, 0.2) is 30.5 Å². The van der Waals surface area contributed by atoms with Crippen molar-refractivity contribution in [2.45, 2.75) is 13.0 Å². The summed E-state index contributed by atoms with van der Waals surface area (Å²) in [7, 11) is 3.07. The standard InChI is InChI=1S/C14H18N4O2/c1-9-6-4-5-7-10(9)12(18-15)13-14(20-3)17-11(19-2)8-16-13/h4-8,12,18H,15H2,1-3H3. The zero-order valence-electron chi connectivity index (χ0n) is 11.8. The van der Waals surface area contributed by atoms with E-state index in [0.717, 1.165) is 11.1 Å². The Morgan fingerprint density at radius 3 is 2.55 bits per heavy atom. The lowest BCUT2D eigenvalue weighted by Crippen LogP contribution is -2.30. The summed E-state index contributed by atoms with van der Waals surface area (Å²) < 4.78 is 10.3. The molecule has 1 aromatic carbocycles. The van der Waals surface area contributed by atoms with E-state index in [9.17, 15) is 0 Å². The third-order valence-corrected chi connectivity index (χ3v) is 3.09. The average molecular weight is 274 g/mol. The Bertz CT molecular complexity index is 589. The highest BCUT2D eigenvalue weighted by atomic mass is 16.5. The summed E-state index contributed by atoms with van der Waals surface area (Å²) >= 11 is 0. The predicted octanol–water partition coefficient (Wildman–Crippen LogP) is 1.35. The van der Waals surface area contributed by atoms with Crippen LogP contribution in [0.2, 0.25) is 0 Å². The highest BCUT2D eigenvalue weighted by molar-refractivity contribution is 5.38. The predicted molar refractivity (Wildman–Crippen MR) is 75.5 cm³/mol. The van der Waals surface area contributed by atoms with Crippen molar-refractivity contribution in [2.75, 3.05) is 14.2 Å². The smallest absolute Gasteiger partial charge is 0.240 e. The molecule has 0 saturated heterocycles. The summed E-state index contributed by atoms with van der Waals surface area (Å²) in [6.45, 7) is 2.02. The molecule has 1 atom stereocenters. The van der Waals surface area contributed by atoms with E-state index >= 15 is 0 Å². The minimum absolute atomic E-state index is 0.301. The van der Waals surface area contributed by atoms with E-state index in [4.69, 9.17) is 15.3 Å². The van der Waals surface area contributed by atoms with Crippen LogP contribution in [0.4, 0.5) is 0 Å². The molecule has 1 heterocycles. The Labute approximate surface area is 117 Å². The highest BCUT2D eigenvalue weighted by Crippen LogP contribution is 2.29. The Morgan fingerprint density at radius 1 is 1.20 bits per heavy atom. The van der Waals surface area contributed by atoms with Gasteiger partial charge in [-0.3, -0.25) is 5.84 Å². The van der Waals surface area contributed by atoms with Gasteiger partial charge in [-0.15, -0.1) is 0 Å². The molecule has 106 valence electrons. The van der Waals surface area contributed by atoms with Crippen LogP contribution in [-0.2, 0) is 0 Å². The number of benzene rings is 1. The molecule has 2 rings (SSSR count). The summed E-state index contributed by atoms with van der Waals surface area (Å²) in [5.41, 5.74) is 5.51. The van der Waals surface area contributed by atoms with E-state index < -0.39 is 0 Å². The van der Waals surface area contributed by atoms with Crippen LogP contribution >= 0.6 is 0 Å². The first kappa shape index (κ1) is 14.2. The van der Waals surface area contributed by atoms with Crippen LogP contribution in [0.25, 0.3) is 0 Å². The van der Waals surface area contributed by atoms with Gasteiger partial charge in [-0.25, -0.2) is 10.4 Å². The van der Waals surface area contributed by atoms with Crippen LogP contribution in [0.5, 0.6) is 11.8 Å². The van der Waals surface area contributed by atoms with Crippen LogP contribution in [0, 0.1) is 6.92 Å². The molecule has 0 aliphatic rings. The second kappa shape index (κ2) is 6.31. The van der Waals surface area contributed by atoms with Gasteiger partial charge in [-0.1, -0.05) is 24.3 Å². The van der Waals surface area contributed by atoms with E-state index in [0.29, 0.717) is 17.5 Å². The van der Waals surface area contributed by atoms with Gasteiger partial charge in [-0.05, 0) is 18.1 Å². The van der Waals surface area contributed by atoms with Crippen LogP contribution in [0.3, 0.4) is 0 Å². The van der Waals surface area contributed by atoms with Gasteiger partial charge in [0.2, 0.25) is 11.8 Å². The second-order valence-electron chi connectivity index (χ2n) is 4.26. The van der Waals surface area contributed by atoms with Crippen molar-refractivity contribution >= 4 is 0 Å². The number of hydrogen-bond acceptors (Lipinski definition) is 6. The lowest BCUT2D eigenvalue weighted by atomic mass is 9.99. The van der Waals surface area contributed by atoms with Gasteiger partial charge < -0.3 is 9.47 Å². The minimum atomic E-state index is -0.301. The molecule has 2 aromatic rings. The monoisotopic (exact) mass is 274 g/mol. The fourth-order valence-electron chi connectivity index (χ4n) is 2.04. The SMILES string of the molecule is COc1cnc(C(NN)c2ccccc2C)c(OC)n1. The Hall–Kier alpha value is -2.18. The summed E-state index contributed by atoms with van der Waals surface area (Å²) in [5.74, 6) is 6.47. The highest BCUT2D eigenvalue weighted by Gasteiger charge is 2.21. The summed E-state index contributed by atoms with van der Waals surface area (Å²) in [6, 6.07) is 7.64. The summed E-state index contributed by atoms with van der Waals surface area (Å²) in [5, 5.41) is 0. The minimum Gasteiger partial charge on any atom is -0.480 e. The first-order valence-electron chi connectivity index (χ1n) is 6.17. The third-order valence-electron chi connectivity index (χ3n) is 3.09. The van der Waals surface area contributed by atoms with E-state index in [2.05, 4.69) is 15.4 Å². The second-order valence-corrected chi connectivity index (χ2v) is 4.26. The third kappa shape index (κ3) is 2.71. The molecule has 0 spiro atoms. The number of hydrazine groups is 1. The van der Waals surface area contributed by atoms with Crippen LogP contribution in [-0.4, -0.2) is 24.2 Å². The maximum absolute atomic E-state index is 5.70. The molecule has 0 fully saturated rings. The first-order valence-corrected chi connectivity index (χ1v) is 6.17. The van der Waals surface area contributed by atoms with Crippen LogP contribution < -0.4 is 20.7 Å². The van der Waals surface area contributed by atoms with E-state index in [-0.39, 0.29) is 6.04 Å². The molecule has 0 bridgehead atoms. The number of ether oxygens (including phenoxy) is 2. The Morgan fingerprint density at radius 2 is 1.95 bits per heavy atom. The van der Waals surface area contributed by atoms with E-state index in [1.807, 2.05) is 31.2 Å². The van der Waals surface area contributed by atoms with Crippen molar-refractivity contribution in [1.29, 1.82) is 0 Å². The fourth-order valence-corrected chi connectivity index (χ4v) is 2.04. The molecule has 3 N–H and O–H groups in total. The number of aromatic nitrogens is 2. The van der Waals surface area contributed by atoms with E-state index in [1.54, 1.807) is 13.3 Å². The Kier molecular flexibility index (Phi) is 4.49. The largest absolute Gasteiger partial charge is 0.480 e. The molecule has 20 heavy (non-hydrogen) atoms. The quantitative estimate of drug-likeness (QED) is 0.632.